The van der Waals surface area contributed by atoms with Crippen LogP contribution < -0.4 is 5.11 Å². The van der Waals surface area contributed by atoms with Crippen molar-refractivity contribution < 1.29 is 9.90 Å². The molecule has 0 saturated carbocycles. The van der Waals surface area contributed by atoms with Crippen molar-refractivity contribution in [2.24, 2.45) is 0 Å². The molecule has 2 aromatic rings. The molecule has 19 heavy (non-hydrogen) atoms. The molecular formula is C15H17BrNO2-. The Balaban J connectivity index is 2.88. The van der Waals surface area contributed by atoms with Crippen molar-refractivity contribution in [3.8, 4) is 0 Å². The van der Waals surface area contributed by atoms with Crippen molar-refractivity contribution in [2.45, 2.75) is 40.0 Å². The Morgan fingerprint density at radius 1 is 1.42 bits per heavy atom. The topological polar surface area (TPSA) is 55.9 Å². The van der Waals surface area contributed by atoms with E-state index >= 15 is 0 Å². The van der Waals surface area contributed by atoms with E-state index in [0.29, 0.717) is 6.42 Å². The van der Waals surface area contributed by atoms with E-state index in [4.69, 9.17) is 0 Å². The average Bonchev–Trinajstić information content (AvgIpc) is 2.66. The lowest BCUT2D eigenvalue weighted by atomic mass is 9.91. The van der Waals surface area contributed by atoms with Crippen molar-refractivity contribution in [1.82, 2.24) is 4.98 Å². The standard InChI is InChI=1S/C15H18BrNO2/c1-5-10(15(18)19)13-9(4)17-14-11(16)6-7(2)8(3)12(13)14/h6,10,17H,5H2,1-4H3,(H,18,19)/p-1. The highest BCUT2D eigenvalue weighted by Gasteiger charge is 2.21. The quantitative estimate of drug-likeness (QED) is 0.944. The normalized spacial score (nSPS) is 12.9. The minimum Gasteiger partial charge on any atom is -0.549 e. The number of hydrogen-bond acceptors (Lipinski definition) is 2. The summed E-state index contributed by atoms with van der Waals surface area (Å²) in [5, 5.41) is 12.4. The number of carboxylic acid groups (broad SMARTS) is 1. The Morgan fingerprint density at radius 2 is 2.05 bits per heavy atom. The van der Waals surface area contributed by atoms with Gasteiger partial charge >= 0.3 is 0 Å². The van der Waals surface area contributed by atoms with Crippen LogP contribution in [0.4, 0.5) is 0 Å². The zero-order chi connectivity index (χ0) is 14.3. The summed E-state index contributed by atoms with van der Waals surface area (Å²) >= 11 is 3.54. The Bertz CT molecular complexity index is 658. The van der Waals surface area contributed by atoms with Gasteiger partial charge in [-0.25, -0.2) is 0 Å². The minimum absolute atomic E-state index is 0.529. The van der Waals surface area contributed by atoms with Crippen LogP contribution in [0.25, 0.3) is 10.9 Å². The molecular weight excluding hydrogens is 306 g/mol. The Morgan fingerprint density at radius 3 is 2.58 bits per heavy atom. The smallest absolute Gasteiger partial charge is 0.0606 e. The largest absolute Gasteiger partial charge is 0.549 e. The van der Waals surface area contributed by atoms with Crippen molar-refractivity contribution in [2.75, 3.05) is 0 Å². The third kappa shape index (κ3) is 2.18. The highest BCUT2D eigenvalue weighted by atomic mass is 79.9. The number of aromatic amines is 1. The molecule has 0 aliphatic carbocycles. The van der Waals surface area contributed by atoms with Crippen molar-refractivity contribution in [3.63, 3.8) is 0 Å². The molecule has 0 spiro atoms. The van der Waals surface area contributed by atoms with Crippen LogP contribution in [0.1, 0.15) is 41.6 Å². The van der Waals surface area contributed by atoms with Gasteiger partial charge in [-0.2, -0.15) is 0 Å². The molecule has 1 aromatic heterocycles. The Hall–Kier alpha value is -1.29. The summed E-state index contributed by atoms with van der Waals surface area (Å²) in [6, 6.07) is 2.05. The van der Waals surface area contributed by atoms with E-state index in [-0.39, 0.29) is 0 Å². The van der Waals surface area contributed by atoms with Gasteiger partial charge < -0.3 is 14.9 Å². The summed E-state index contributed by atoms with van der Waals surface area (Å²) in [4.78, 5) is 14.7. The molecule has 0 radical (unpaired) electrons. The summed E-state index contributed by atoms with van der Waals surface area (Å²) < 4.78 is 0.966. The molecule has 0 fully saturated rings. The maximum atomic E-state index is 11.4. The number of hydrogen-bond donors (Lipinski definition) is 1. The number of carbonyl (C=O) groups is 1. The fourth-order valence-corrected chi connectivity index (χ4v) is 3.34. The van der Waals surface area contributed by atoms with Crippen LogP contribution in [-0.4, -0.2) is 11.0 Å². The molecule has 0 bridgehead atoms. The van der Waals surface area contributed by atoms with Crippen LogP contribution in [0.2, 0.25) is 0 Å². The number of benzene rings is 1. The van der Waals surface area contributed by atoms with Crippen molar-refractivity contribution in [1.29, 1.82) is 0 Å². The van der Waals surface area contributed by atoms with Crippen LogP contribution in [0, 0.1) is 20.8 Å². The van der Waals surface area contributed by atoms with E-state index in [1.165, 1.54) is 0 Å². The predicted molar refractivity (Wildman–Crippen MR) is 78.2 cm³/mol. The first-order valence-electron chi connectivity index (χ1n) is 6.37. The van der Waals surface area contributed by atoms with Gasteiger partial charge in [-0.3, -0.25) is 0 Å². The van der Waals surface area contributed by atoms with Gasteiger partial charge in [0.1, 0.15) is 0 Å². The maximum absolute atomic E-state index is 11.4. The highest BCUT2D eigenvalue weighted by Crippen LogP contribution is 2.37. The summed E-state index contributed by atoms with van der Waals surface area (Å²) in [6.45, 7) is 7.86. The number of carbonyl (C=O) groups excluding carboxylic acids is 1. The molecule has 1 unspecified atom stereocenters. The number of aryl methyl sites for hydroxylation is 3. The van der Waals surface area contributed by atoms with Gasteiger partial charge in [0.15, 0.2) is 0 Å². The lowest BCUT2D eigenvalue weighted by Gasteiger charge is -2.18. The molecule has 0 aliphatic rings. The molecule has 1 atom stereocenters. The van der Waals surface area contributed by atoms with Crippen LogP contribution in [-0.2, 0) is 4.79 Å². The number of aliphatic carboxylic acids is 1. The molecule has 1 aromatic carbocycles. The third-order valence-corrected chi connectivity index (χ3v) is 4.45. The summed E-state index contributed by atoms with van der Waals surface area (Å²) in [5.41, 5.74) is 5.00. The SMILES string of the molecule is CCC(C(=O)[O-])c1c(C)[nH]c2c(Br)cc(C)c(C)c12. The van der Waals surface area contributed by atoms with E-state index in [1.807, 2.05) is 27.7 Å². The molecule has 3 nitrogen and oxygen atoms in total. The molecule has 2 rings (SSSR count). The Kier molecular flexibility index (Phi) is 3.72. The van der Waals surface area contributed by atoms with E-state index in [2.05, 4.69) is 27.0 Å². The number of aromatic nitrogens is 1. The molecule has 4 heteroatoms. The lowest BCUT2D eigenvalue weighted by Crippen LogP contribution is -2.29. The van der Waals surface area contributed by atoms with Crippen LogP contribution in [0.3, 0.4) is 0 Å². The van der Waals surface area contributed by atoms with Crippen LogP contribution in [0.5, 0.6) is 0 Å². The number of nitrogens with one attached hydrogen (secondary N) is 1. The highest BCUT2D eigenvalue weighted by molar-refractivity contribution is 9.10. The first kappa shape index (κ1) is 14.1. The van der Waals surface area contributed by atoms with Crippen molar-refractivity contribution in [3.05, 3.63) is 32.9 Å². The zero-order valence-electron chi connectivity index (χ0n) is 11.6. The van der Waals surface area contributed by atoms with Crippen molar-refractivity contribution >= 4 is 32.8 Å². The average molecular weight is 323 g/mol. The number of fused-ring (bicyclic) bond motifs is 1. The molecule has 0 saturated heterocycles. The summed E-state index contributed by atoms with van der Waals surface area (Å²) in [6.07, 6.45) is 0.529. The molecule has 1 N–H and O–H groups in total. The lowest BCUT2D eigenvalue weighted by molar-refractivity contribution is -0.308. The zero-order valence-corrected chi connectivity index (χ0v) is 13.1. The van der Waals surface area contributed by atoms with Gasteiger partial charge in [-0.15, -0.1) is 0 Å². The third-order valence-electron chi connectivity index (χ3n) is 3.83. The van der Waals surface area contributed by atoms with Gasteiger partial charge in [0.05, 0.1) is 5.52 Å². The maximum Gasteiger partial charge on any atom is 0.0606 e. The number of H-pyrrole nitrogens is 1. The second-order valence-electron chi connectivity index (χ2n) is 4.99. The van der Waals surface area contributed by atoms with Gasteiger partial charge in [-0.1, -0.05) is 6.92 Å². The molecule has 0 amide bonds. The molecule has 1 heterocycles. The Labute approximate surface area is 121 Å². The summed E-state index contributed by atoms with van der Waals surface area (Å²) in [5.74, 6) is -1.58. The number of rotatable bonds is 3. The summed E-state index contributed by atoms with van der Waals surface area (Å²) in [7, 11) is 0. The first-order chi connectivity index (χ1) is 8.88. The fourth-order valence-electron chi connectivity index (χ4n) is 2.70. The van der Waals surface area contributed by atoms with Crippen LogP contribution >= 0.6 is 15.9 Å². The minimum atomic E-state index is -1.01. The van der Waals surface area contributed by atoms with E-state index in [0.717, 1.165) is 37.8 Å². The van der Waals surface area contributed by atoms with Gasteiger partial charge in [0, 0.05) is 27.4 Å². The molecule has 102 valence electrons. The van der Waals surface area contributed by atoms with Gasteiger partial charge in [0.2, 0.25) is 0 Å². The second kappa shape index (κ2) is 5.00. The van der Waals surface area contributed by atoms with Gasteiger partial charge in [-0.05, 0) is 65.9 Å². The first-order valence-corrected chi connectivity index (χ1v) is 7.16. The predicted octanol–water partition coefficient (Wildman–Crippen LogP) is 3.10. The fraction of sp³-hybridized carbons (Fsp3) is 0.400. The van der Waals surface area contributed by atoms with Crippen LogP contribution in [0.15, 0.2) is 10.5 Å². The van der Waals surface area contributed by atoms with Gasteiger partial charge in [0.25, 0.3) is 0 Å². The van der Waals surface area contributed by atoms with E-state index in [9.17, 15) is 9.90 Å². The second-order valence-corrected chi connectivity index (χ2v) is 5.85. The monoisotopic (exact) mass is 322 g/mol. The number of halogens is 1. The molecule has 0 aliphatic heterocycles. The van der Waals surface area contributed by atoms with E-state index in [1.54, 1.807) is 0 Å². The van der Waals surface area contributed by atoms with E-state index < -0.39 is 11.9 Å². The number of carboxylic acids is 1.